The van der Waals surface area contributed by atoms with Crippen molar-refractivity contribution in [3.63, 3.8) is 0 Å². The van der Waals surface area contributed by atoms with Crippen LogP contribution in [-0.4, -0.2) is 40.9 Å². The largest absolute Gasteiger partial charge is 0.480 e. The molecule has 0 saturated carbocycles. The van der Waals surface area contributed by atoms with Gasteiger partial charge < -0.3 is 20.5 Å². The van der Waals surface area contributed by atoms with Crippen molar-refractivity contribution in [3.8, 4) is 0 Å². The average Bonchev–Trinajstić information content (AvgIpc) is 2.73. The molecule has 0 aliphatic heterocycles. The summed E-state index contributed by atoms with van der Waals surface area (Å²) in [4.78, 5) is 36.2. The summed E-state index contributed by atoms with van der Waals surface area (Å²) in [5.41, 5.74) is 1.63. The number of ether oxygens (including phenoxy) is 1. The van der Waals surface area contributed by atoms with Gasteiger partial charge in [-0.2, -0.15) is 12.6 Å². The predicted octanol–water partition coefficient (Wildman–Crippen LogP) is 2.41. The van der Waals surface area contributed by atoms with Gasteiger partial charge in [0.15, 0.2) is 0 Å². The molecule has 0 heterocycles. The van der Waals surface area contributed by atoms with Gasteiger partial charge >= 0.3 is 12.1 Å². The number of thiol groups is 1. The van der Waals surface area contributed by atoms with E-state index in [1.54, 1.807) is 0 Å². The Morgan fingerprint density at radius 1 is 0.897 bits per heavy atom. The van der Waals surface area contributed by atoms with Gasteiger partial charge in [0.05, 0.1) is 0 Å². The van der Waals surface area contributed by atoms with Crippen LogP contribution in [0.25, 0.3) is 0 Å². The van der Waals surface area contributed by atoms with Crippen LogP contribution < -0.4 is 10.6 Å². The molecular weight excluding hydrogens is 392 g/mol. The molecule has 2 aromatic rings. The third-order valence-electron chi connectivity index (χ3n) is 4.14. The lowest BCUT2D eigenvalue weighted by Crippen LogP contribution is -2.52. The van der Waals surface area contributed by atoms with E-state index >= 15 is 0 Å². The number of aliphatic carboxylic acids is 1. The minimum Gasteiger partial charge on any atom is -0.480 e. The third-order valence-corrected chi connectivity index (χ3v) is 4.39. The van der Waals surface area contributed by atoms with E-state index in [4.69, 9.17) is 4.74 Å². The lowest BCUT2D eigenvalue weighted by Gasteiger charge is -2.21. The Morgan fingerprint density at radius 2 is 1.48 bits per heavy atom. The quantitative estimate of drug-likeness (QED) is 0.445. The van der Waals surface area contributed by atoms with E-state index in [2.05, 4.69) is 23.3 Å². The van der Waals surface area contributed by atoms with Crippen molar-refractivity contribution in [3.05, 3.63) is 71.8 Å². The van der Waals surface area contributed by atoms with Crippen LogP contribution in [0.3, 0.4) is 0 Å². The summed E-state index contributed by atoms with van der Waals surface area (Å²) in [5, 5.41) is 14.3. The minimum absolute atomic E-state index is 0.0593. The molecule has 2 atom stereocenters. The second-order valence-electron chi connectivity index (χ2n) is 6.36. The van der Waals surface area contributed by atoms with Gasteiger partial charge in [0, 0.05) is 6.42 Å². The van der Waals surface area contributed by atoms with Crippen molar-refractivity contribution in [2.75, 3.05) is 5.75 Å². The molecule has 154 valence electrons. The molecule has 0 saturated heterocycles. The molecule has 0 spiro atoms. The monoisotopic (exact) mass is 416 g/mol. The van der Waals surface area contributed by atoms with Gasteiger partial charge in [-0.3, -0.25) is 4.79 Å². The van der Waals surface area contributed by atoms with Crippen LogP contribution in [-0.2, 0) is 27.4 Å². The molecule has 2 amide bonds. The number of carbonyl (C=O) groups excluding carboxylic acids is 2. The number of carbonyl (C=O) groups is 3. The summed E-state index contributed by atoms with van der Waals surface area (Å²) in [6, 6.07) is 16.2. The minimum atomic E-state index is -1.16. The van der Waals surface area contributed by atoms with E-state index in [0.29, 0.717) is 5.75 Å². The molecule has 0 fully saturated rings. The summed E-state index contributed by atoms with van der Waals surface area (Å²) in [5.74, 6) is -1.45. The van der Waals surface area contributed by atoms with Crippen LogP contribution in [0.1, 0.15) is 17.5 Å². The van der Waals surface area contributed by atoms with Gasteiger partial charge in [-0.05, 0) is 23.3 Å². The molecule has 0 aliphatic carbocycles. The van der Waals surface area contributed by atoms with Crippen LogP contribution in [0.15, 0.2) is 60.7 Å². The number of hydrogen-bond acceptors (Lipinski definition) is 5. The van der Waals surface area contributed by atoms with E-state index in [-0.39, 0.29) is 19.4 Å². The number of nitrogens with one attached hydrogen (secondary N) is 2. The summed E-state index contributed by atoms with van der Waals surface area (Å²) < 4.78 is 5.19. The lowest BCUT2D eigenvalue weighted by molar-refractivity contribution is -0.142. The van der Waals surface area contributed by atoms with Crippen molar-refractivity contribution >= 4 is 30.6 Å². The highest BCUT2D eigenvalue weighted by molar-refractivity contribution is 7.80. The van der Waals surface area contributed by atoms with Crippen molar-refractivity contribution in [2.45, 2.75) is 31.5 Å². The summed E-state index contributed by atoms with van der Waals surface area (Å²) in [6.07, 6.45) is -0.396. The maximum absolute atomic E-state index is 12.7. The maximum atomic E-state index is 12.7. The highest BCUT2D eigenvalue weighted by atomic mass is 32.1. The van der Waals surface area contributed by atoms with Gasteiger partial charge in [0.25, 0.3) is 0 Å². The summed E-state index contributed by atoms with van der Waals surface area (Å²) in [7, 11) is 0. The molecule has 0 aliphatic rings. The van der Waals surface area contributed by atoms with Crippen molar-refractivity contribution in [2.24, 2.45) is 0 Å². The smallest absolute Gasteiger partial charge is 0.408 e. The molecule has 29 heavy (non-hydrogen) atoms. The van der Waals surface area contributed by atoms with E-state index in [1.165, 1.54) is 0 Å². The van der Waals surface area contributed by atoms with E-state index in [9.17, 15) is 19.5 Å². The molecule has 1 unspecified atom stereocenters. The van der Waals surface area contributed by atoms with Crippen LogP contribution in [0.4, 0.5) is 4.79 Å². The maximum Gasteiger partial charge on any atom is 0.408 e. The number of rotatable bonds is 10. The molecule has 2 aromatic carbocycles. The molecule has 0 aromatic heterocycles. The van der Waals surface area contributed by atoms with Crippen molar-refractivity contribution < 1.29 is 24.2 Å². The molecule has 8 heteroatoms. The molecule has 0 radical (unpaired) electrons. The number of amides is 2. The standard InChI is InChI=1S/C21H24N2O5S/c24-19(22-17(11-12-29)20(25)26)18(13-15-7-3-1-4-8-15)23-21(27)28-14-16-9-5-2-6-10-16/h1-10,17-18,29H,11-14H2,(H,22,24)(H,23,27)(H,25,26)/t17?,18-/m0/s1. The first-order valence-electron chi connectivity index (χ1n) is 9.14. The highest BCUT2D eigenvalue weighted by Gasteiger charge is 2.26. The highest BCUT2D eigenvalue weighted by Crippen LogP contribution is 2.06. The van der Waals surface area contributed by atoms with Crippen molar-refractivity contribution in [1.29, 1.82) is 0 Å². The normalized spacial score (nSPS) is 12.4. The summed E-state index contributed by atoms with van der Waals surface area (Å²) >= 11 is 4.02. The van der Waals surface area contributed by atoms with E-state index in [0.717, 1.165) is 11.1 Å². The number of carboxylic acid groups (broad SMARTS) is 1. The zero-order valence-electron chi connectivity index (χ0n) is 15.8. The Kier molecular flexibility index (Phi) is 9.04. The molecule has 3 N–H and O–H groups in total. The number of benzene rings is 2. The Labute approximate surface area is 174 Å². The Bertz CT molecular complexity index is 801. The number of carboxylic acids is 1. The second-order valence-corrected chi connectivity index (χ2v) is 6.81. The first-order valence-corrected chi connectivity index (χ1v) is 9.78. The third kappa shape index (κ3) is 7.87. The summed E-state index contributed by atoms with van der Waals surface area (Å²) in [6.45, 7) is 0.0593. The second kappa shape index (κ2) is 11.8. The first kappa shape index (κ1) is 22.3. The fourth-order valence-corrected chi connectivity index (χ4v) is 2.88. The fourth-order valence-electron chi connectivity index (χ4n) is 2.62. The number of alkyl carbamates (subject to hydrolysis) is 1. The fraction of sp³-hybridized carbons (Fsp3) is 0.286. The molecule has 2 rings (SSSR count). The Morgan fingerprint density at radius 3 is 2.03 bits per heavy atom. The van der Waals surface area contributed by atoms with Crippen molar-refractivity contribution in [1.82, 2.24) is 10.6 Å². The zero-order valence-corrected chi connectivity index (χ0v) is 16.7. The van der Waals surface area contributed by atoms with E-state index < -0.39 is 30.1 Å². The lowest BCUT2D eigenvalue weighted by atomic mass is 10.0. The van der Waals surface area contributed by atoms with Crippen LogP contribution >= 0.6 is 12.6 Å². The molecule has 0 bridgehead atoms. The average molecular weight is 416 g/mol. The van der Waals surface area contributed by atoms with E-state index in [1.807, 2.05) is 60.7 Å². The van der Waals surface area contributed by atoms with Gasteiger partial charge in [-0.1, -0.05) is 60.7 Å². The zero-order chi connectivity index (χ0) is 21.1. The van der Waals surface area contributed by atoms with Crippen LogP contribution in [0.2, 0.25) is 0 Å². The number of hydrogen-bond donors (Lipinski definition) is 4. The Hall–Kier alpha value is -3.00. The van der Waals surface area contributed by atoms with Gasteiger partial charge in [0.2, 0.25) is 5.91 Å². The van der Waals surface area contributed by atoms with Gasteiger partial charge in [-0.15, -0.1) is 0 Å². The Balaban J connectivity index is 2.04. The van der Waals surface area contributed by atoms with Gasteiger partial charge in [-0.25, -0.2) is 9.59 Å². The van der Waals surface area contributed by atoms with Crippen LogP contribution in [0.5, 0.6) is 0 Å². The predicted molar refractivity (Wildman–Crippen MR) is 112 cm³/mol. The topological polar surface area (TPSA) is 105 Å². The molecule has 7 nitrogen and oxygen atoms in total. The van der Waals surface area contributed by atoms with Crippen LogP contribution in [0, 0.1) is 0 Å². The van der Waals surface area contributed by atoms with Gasteiger partial charge in [0.1, 0.15) is 18.7 Å². The SMILES string of the molecule is O=C(N[C@@H](Cc1ccccc1)C(=O)NC(CCS)C(=O)O)OCc1ccccc1. The first-order chi connectivity index (χ1) is 14.0. The molecular formula is C21H24N2O5S.